The standard InChI is InChI=1S/C31H41N3O6S/c1-30(2,3)40-29(36)32-25(20-22-13-18-39-27-12-8-5-9-23(27)19-22)28(35)33-16-14-31(15-17-33)21-34(41(4,37)38)26-11-7-6-10-24(26)31/h5-12,22,25H,13-21H2,1-4H3,(H,32,36)/t22-,25-/m1/s1. The van der Waals surface area contributed by atoms with Gasteiger partial charge in [0.25, 0.3) is 0 Å². The van der Waals surface area contributed by atoms with E-state index in [1.54, 1.807) is 20.8 Å². The highest BCUT2D eigenvalue weighted by Crippen LogP contribution is 2.48. The number of para-hydroxylation sites is 2. The summed E-state index contributed by atoms with van der Waals surface area (Å²) in [6.07, 6.45) is 3.93. The Morgan fingerprint density at radius 3 is 2.49 bits per heavy atom. The van der Waals surface area contributed by atoms with Crippen molar-refractivity contribution < 1.29 is 27.5 Å². The average molecular weight is 584 g/mol. The molecule has 41 heavy (non-hydrogen) atoms. The number of hydrogen-bond donors (Lipinski definition) is 1. The van der Waals surface area contributed by atoms with Crippen LogP contribution in [0, 0.1) is 5.92 Å². The van der Waals surface area contributed by atoms with Crippen molar-refractivity contribution in [3.8, 4) is 5.75 Å². The number of amides is 2. The molecule has 10 heteroatoms. The molecule has 2 amide bonds. The molecule has 2 aromatic rings. The molecule has 222 valence electrons. The molecule has 0 aliphatic carbocycles. The lowest BCUT2D eigenvalue weighted by Crippen LogP contribution is -2.54. The molecule has 0 unspecified atom stereocenters. The monoisotopic (exact) mass is 583 g/mol. The summed E-state index contributed by atoms with van der Waals surface area (Å²) in [6.45, 7) is 7.29. The fourth-order valence-corrected chi connectivity index (χ4v) is 7.45. The van der Waals surface area contributed by atoms with Gasteiger partial charge in [-0.25, -0.2) is 13.2 Å². The van der Waals surface area contributed by atoms with Gasteiger partial charge in [0.05, 0.1) is 18.6 Å². The molecular formula is C31H41N3O6S. The van der Waals surface area contributed by atoms with Gasteiger partial charge >= 0.3 is 6.09 Å². The van der Waals surface area contributed by atoms with Crippen molar-refractivity contribution in [2.45, 2.75) is 69.9 Å². The lowest BCUT2D eigenvalue weighted by Gasteiger charge is -2.41. The summed E-state index contributed by atoms with van der Waals surface area (Å²) in [6, 6.07) is 14.9. The Morgan fingerprint density at radius 2 is 1.78 bits per heavy atom. The summed E-state index contributed by atoms with van der Waals surface area (Å²) in [5.74, 6) is 0.887. The molecular weight excluding hydrogens is 542 g/mol. The van der Waals surface area contributed by atoms with Crippen LogP contribution in [0.1, 0.15) is 57.6 Å². The van der Waals surface area contributed by atoms with Gasteiger partial charge in [0.2, 0.25) is 15.9 Å². The third kappa shape index (κ3) is 6.47. The number of rotatable bonds is 5. The van der Waals surface area contributed by atoms with Crippen LogP contribution in [0.15, 0.2) is 48.5 Å². The van der Waals surface area contributed by atoms with Crippen LogP contribution in [0.5, 0.6) is 5.75 Å². The number of piperidine rings is 1. The van der Waals surface area contributed by atoms with E-state index in [-0.39, 0.29) is 17.2 Å². The Bertz CT molecular complexity index is 1390. The quantitative estimate of drug-likeness (QED) is 0.564. The van der Waals surface area contributed by atoms with Gasteiger partial charge in [0, 0.05) is 25.0 Å². The molecule has 5 rings (SSSR count). The number of likely N-dealkylation sites (tertiary alicyclic amines) is 1. The number of nitrogens with zero attached hydrogens (tertiary/aromatic N) is 2. The maximum atomic E-state index is 14.0. The van der Waals surface area contributed by atoms with Gasteiger partial charge in [-0.2, -0.15) is 0 Å². The largest absolute Gasteiger partial charge is 0.493 e. The number of benzene rings is 2. The molecule has 9 nitrogen and oxygen atoms in total. The van der Waals surface area contributed by atoms with E-state index in [0.29, 0.717) is 45.5 Å². The van der Waals surface area contributed by atoms with Crippen LogP contribution in [0.2, 0.25) is 0 Å². The fourth-order valence-electron chi connectivity index (χ4n) is 6.45. The zero-order valence-corrected chi connectivity index (χ0v) is 25.2. The van der Waals surface area contributed by atoms with Crippen LogP contribution in [0.25, 0.3) is 0 Å². The predicted octanol–water partition coefficient (Wildman–Crippen LogP) is 4.25. The molecule has 2 atom stereocenters. The van der Waals surface area contributed by atoms with Gasteiger partial charge in [-0.1, -0.05) is 36.4 Å². The van der Waals surface area contributed by atoms with E-state index < -0.39 is 27.8 Å². The van der Waals surface area contributed by atoms with Crippen LogP contribution in [-0.2, 0) is 31.4 Å². The van der Waals surface area contributed by atoms with E-state index in [1.165, 1.54) is 10.6 Å². The van der Waals surface area contributed by atoms with E-state index in [0.717, 1.165) is 35.4 Å². The molecule has 1 N–H and O–H groups in total. The maximum Gasteiger partial charge on any atom is 0.408 e. The second-order valence-electron chi connectivity index (χ2n) is 12.6. The first-order valence-electron chi connectivity index (χ1n) is 14.4. The molecule has 3 aliphatic rings. The molecule has 0 aromatic heterocycles. The SMILES string of the molecule is CC(C)(C)OC(=O)N[C@H](C[C@@H]1CCOc2ccccc2C1)C(=O)N1CCC2(CC1)CN(S(C)(=O)=O)c1ccccc12. The van der Waals surface area contributed by atoms with Crippen molar-refractivity contribution in [1.82, 2.24) is 10.2 Å². The minimum atomic E-state index is -3.42. The van der Waals surface area contributed by atoms with Gasteiger partial charge < -0.3 is 19.7 Å². The highest BCUT2D eigenvalue weighted by atomic mass is 32.2. The second kappa shape index (κ2) is 11.2. The number of carbonyl (C=O) groups is 2. The van der Waals surface area contributed by atoms with Gasteiger partial charge in [0.1, 0.15) is 17.4 Å². The van der Waals surface area contributed by atoms with Crippen LogP contribution >= 0.6 is 0 Å². The highest BCUT2D eigenvalue weighted by molar-refractivity contribution is 7.92. The lowest BCUT2D eigenvalue weighted by molar-refractivity contribution is -0.135. The molecule has 1 fully saturated rings. The summed E-state index contributed by atoms with van der Waals surface area (Å²) < 4.78 is 38.1. The summed E-state index contributed by atoms with van der Waals surface area (Å²) in [4.78, 5) is 28.7. The van der Waals surface area contributed by atoms with Crippen molar-refractivity contribution in [1.29, 1.82) is 0 Å². The number of ether oxygens (including phenoxy) is 2. The first-order chi connectivity index (χ1) is 19.3. The van der Waals surface area contributed by atoms with E-state index in [9.17, 15) is 18.0 Å². The van der Waals surface area contributed by atoms with Crippen molar-refractivity contribution in [3.63, 3.8) is 0 Å². The minimum absolute atomic E-state index is 0.129. The van der Waals surface area contributed by atoms with Gasteiger partial charge in [0.15, 0.2) is 0 Å². The predicted molar refractivity (Wildman–Crippen MR) is 158 cm³/mol. The van der Waals surface area contributed by atoms with Crippen molar-refractivity contribution in [3.05, 3.63) is 59.7 Å². The summed E-state index contributed by atoms with van der Waals surface area (Å²) in [5.41, 5.74) is 1.83. The number of nitrogens with one attached hydrogen (secondary N) is 1. The van der Waals surface area contributed by atoms with Crippen molar-refractivity contribution in [2.75, 3.05) is 36.8 Å². The second-order valence-corrected chi connectivity index (χ2v) is 14.5. The molecule has 0 bridgehead atoms. The Kier molecular flexibility index (Phi) is 7.98. The molecule has 3 heterocycles. The van der Waals surface area contributed by atoms with Gasteiger partial charge in [-0.15, -0.1) is 0 Å². The smallest absolute Gasteiger partial charge is 0.408 e. The zero-order chi connectivity index (χ0) is 29.4. The molecule has 0 radical (unpaired) electrons. The van der Waals surface area contributed by atoms with E-state index in [4.69, 9.17) is 9.47 Å². The molecule has 2 aromatic carbocycles. The van der Waals surface area contributed by atoms with Crippen molar-refractivity contribution in [2.24, 2.45) is 5.92 Å². The number of alkyl carbamates (subject to hydrolysis) is 1. The van der Waals surface area contributed by atoms with E-state index in [1.807, 2.05) is 47.4 Å². The molecule has 3 aliphatic heterocycles. The van der Waals surface area contributed by atoms with E-state index in [2.05, 4.69) is 11.4 Å². The minimum Gasteiger partial charge on any atom is -0.493 e. The number of carbonyl (C=O) groups excluding carboxylic acids is 2. The molecule has 0 saturated carbocycles. The number of sulfonamides is 1. The topological polar surface area (TPSA) is 105 Å². The van der Waals surface area contributed by atoms with Crippen molar-refractivity contribution >= 4 is 27.7 Å². The molecule has 1 saturated heterocycles. The first-order valence-corrected chi connectivity index (χ1v) is 16.3. The lowest BCUT2D eigenvalue weighted by atomic mass is 9.74. The summed E-state index contributed by atoms with van der Waals surface area (Å²) in [5, 5.41) is 2.89. The van der Waals surface area contributed by atoms with E-state index >= 15 is 0 Å². The third-order valence-electron chi connectivity index (χ3n) is 8.45. The number of fused-ring (bicyclic) bond motifs is 3. The normalized spacial score (nSPS) is 20.8. The maximum absolute atomic E-state index is 14.0. The zero-order valence-electron chi connectivity index (χ0n) is 24.4. The highest BCUT2D eigenvalue weighted by Gasteiger charge is 2.48. The van der Waals surface area contributed by atoms with Crippen LogP contribution in [-0.4, -0.2) is 69.5 Å². The fraction of sp³-hybridized carbons (Fsp3) is 0.548. The number of anilines is 1. The Balaban J connectivity index is 1.32. The van der Waals surface area contributed by atoms with Gasteiger partial charge in [-0.3, -0.25) is 9.10 Å². The van der Waals surface area contributed by atoms with Gasteiger partial charge in [-0.05, 0) is 82.1 Å². The van der Waals surface area contributed by atoms with Crippen LogP contribution in [0.4, 0.5) is 10.5 Å². The Hall–Kier alpha value is -3.27. The average Bonchev–Trinajstić information content (AvgIpc) is 3.08. The number of hydrogen-bond acceptors (Lipinski definition) is 6. The Morgan fingerprint density at radius 1 is 1.10 bits per heavy atom. The third-order valence-corrected chi connectivity index (χ3v) is 9.57. The molecule has 1 spiro atoms. The van der Waals surface area contributed by atoms with Crippen LogP contribution in [0.3, 0.4) is 0 Å². The summed E-state index contributed by atoms with van der Waals surface area (Å²) in [7, 11) is -3.42. The Labute approximate surface area is 243 Å². The first kappa shape index (κ1) is 29.2. The summed E-state index contributed by atoms with van der Waals surface area (Å²) >= 11 is 0. The van der Waals surface area contributed by atoms with Crippen LogP contribution < -0.4 is 14.4 Å².